The molecule has 0 amide bonds. The summed E-state index contributed by atoms with van der Waals surface area (Å²) in [7, 11) is -1.37. The van der Waals surface area contributed by atoms with Gasteiger partial charge in [-0.05, 0) is 29.3 Å². The predicted molar refractivity (Wildman–Crippen MR) is 87.6 cm³/mol. The van der Waals surface area contributed by atoms with Crippen LogP contribution in [-0.4, -0.2) is 18.0 Å². The average molecular weight is 278 g/mol. The summed E-state index contributed by atoms with van der Waals surface area (Å²) in [5.74, 6) is 3.28. The topological polar surface area (TPSA) is 25.8 Å². The highest BCUT2D eigenvalue weighted by molar-refractivity contribution is 6.83. The molecule has 0 spiro atoms. The quantitative estimate of drug-likeness (QED) is 0.615. The number of pyridine rings is 2. The number of nitrogens with zero attached hydrogens (tertiary/aromatic N) is 2. The van der Waals surface area contributed by atoms with Crippen molar-refractivity contribution in [2.75, 3.05) is 0 Å². The summed E-state index contributed by atoms with van der Waals surface area (Å²) in [4.78, 5) is 8.18. The first kappa shape index (κ1) is 14.2. The highest BCUT2D eigenvalue weighted by Crippen LogP contribution is 2.11. The molecule has 3 heteroatoms. The van der Waals surface area contributed by atoms with Gasteiger partial charge in [-0.2, -0.15) is 0 Å². The van der Waals surface area contributed by atoms with E-state index in [1.165, 1.54) is 0 Å². The highest BCUT2D eigenvalue weighted by atomic mass is 28.3. The van der Waals surface area contributed by atoms with Crippen LogP contribution < -0.4 is 0 Å². The second-order valence-corrected chi connectivity index (χ2v) is 10.3. The molecule has 0 N–H and O–H groups in total. The molecular weight excluding hydrogens is 260 g/mol. The fourth-order valence-electron chi connectivity index (χ4n) is 1.57. The van der Waals surface area contributed by atoms with Gasteiger partial charge in [0.2, 0.25) is 0 Å². The zero-order chi connectivity index (χ0) is 14.4. The monoisotopic (exact) mass is 278 g/mol. The molecule has 2 aromatic rings. The molecule has 20 heavy (non-hydrogen) atoms. The Morgan fingerprint density at radius 3 is 2.35 bits per heavy atom. The molecule has 0 aliphatic rings. The number of rotatable bonds is 2. The van der Waals surface area contributed by atoms with Crippen LogP contribution >= 0.6 is 0 Å². The van der Waals surface area contributed by atoms with Crippen molar-refractivity contribution in [3.8, 4) is 11.5 Å². The fraction of sp³-hybridized carbons (Fsp3) is 0.176. The number of hydrogen-bond donors (Lipinski definition) is 0. The van der Waals surface area contributed by atoms with Crippen molar-refractivity contribution in [3.05, 3.63) is 59.7 Å². The summed E-state index contributed by atoms with van der Waals surface area (Å²) in [6.45, 7) is 6.72. The van der Waals surface area contributed by atoms with Crippen molar-refractivity contribution < 1.29 is 0 Å². The third-order valence-electron chi connectivity index (χ3n) is 2.59. The van der Waals surface area contributed by atoms with Crippen LogP contribution in [0.2, 0.25) is 19.6 Å². The predicted octanol–water partition coefficient (Wildman–Crippen LogP) is 3.88. The minimum atomic E-state index is -1.37. The molecule has 0 saturated heterocycles. The van der Waals surface area contributed by atoms with E-state index in [0.717, 1.165) is 16.7 Å². The maximum absolute atomic E-state index is 4.17. The van der Waals surface area contributed by atoms with Crippen molar-refractivity contribution in [1.29, 1.82) is 0 Å². The van der Waals surface area contributed by atoms with E-state index in [1.807, 2.05) is 24.4 Å². The zero-order valence-corrected chi connectivity index (χ0v) is 13.1. The number of aromatic nitrogens is 2. The van der Waals surface area contributed by atoms with Gasteiger partial charge < -0.3 is 0 Å². The molecule has 0 aliphatic carbocycles. The lowest BCUT2D eigenvalue weighted by atomic mass is 10.1. The van der Waals surface area contributed by atoms with Gasteiger partial charge in [0.15, 0.2) is 0 Å². The van der Waals surface area contributed by atoms with E-state index in [2.05, 4.69) is 53.2 Å². The minimum absolute atomic E-state index is 0.986. The zero-order valence-electron chi connectivity index (χ0n) is 12.1. The van der Waals surface area contributed by atoms with Crippen LogP contribution in [0, 0.1) is 11.5 Å². The van der Waals surface area contributed by atoms with Crippen LogP contribution in [0.25, 0.3) is 12.2 Å². The molecule has 0 saturated carbocycles. The van der Waals surface area contributed by atoms with Crippen LogP contribution in [0.1, 0.15) is 16.7 Å². The summed E-state index contributed by atoms with van der Waals surface area (Å²) in [5.41, 5.74) is 6.59. The Morgan fingerprint density at radius 1 is 0.950 bits per heavy atom. The molecule has 0 aliphatic heterocycles. The lowest BCUT2D eigenvalue weighted by Crippen LogP contribution is -2.16. The Hall–Kier alpha value is -2.18. The smallest absolute Gasteiger partial charge is 0.129 e. The van der Waals surface area contributed by atoms with Crippen molar-refractivity contribution in [3.63, 3.8) is 0 Å². The maximum atomic E-state index is 4.17. The fourth-order valence-corrected chi connectivity index (χ4v) is 2.08. The van der Waals surface area contributed by atoms with E-state index in [1.54, 1.807) is 18.6 Å². The van der Waals surface area contributed by atoms with Crippen molar-refractivity contribution >= 4 is 20.2 Å². The van der Waals surface area contributed by atoms with Gasteiger partial charge in [-0.3, -0.25) is 9.97 Å². The van der Waals surface area contributed by atoms with Crippen LogP contribution in [0.4, 0.5) is 0 Å². The van der Waals surface area contributed by atoms with E-state index in [0.29, 0.717) is 0 Å². The molecule has 2 rings (SSSR count). The SMILES string of the molecule is C[Si](C)(C)C#Cc1cnccc1/C=C/c1ccncc1. The van der Waals surface area contributed by atoms with Crippen LogP contribution in [-0.2, 0) is 0 Å². The molecule has 2 aromatic heterocycles. The number of hydrogen-bond acceptors (Lipinski definition) is 2. The molecule has 2 nitrogen and oxygen atoms in total. The van der Waals surface area contributed by atoms with Crippen LogP contribution in [0.15, 0.2) is 43.0 Å². The molecule has 0 atom stereocenters. The van der Waals surface area contributed by atoms with Crippen LogP contribution in [0.5, 0.6) is 0 Å². The van der Waals surface area contributed by atoms with E-state index in [4.69, 9.17) is 0 Å². The Morgan fingerprint density at radius 2 is 1.65 bits per heavy atom. The van der Waals surface area contributed by atoms with Gasteiger partial charge in [0.1, 0.15) is 8.07 Å². The minimum Gasteiger partial charge on any atom is -0.265 e. The standard InChI is InChI=1S/C17H18N2Si/c1-20(2,3)13-9-17-14-19-12-8-16(17)5-4-15-6-10-18-11-7-15/h4-8,10-12,14H,1-3H3/b5-4+. The van der Waals surface area contributed by atoms with E-state index in [9.17, 15) is 0 Å². The highest BCUT2D eigenvalue weighted by Gasteiger charge is 2.07. The van der Waals surface area contributed by atoms with Gasteiger partial charge in [-0.25, -0.2) is 0 Å². The third-order valence-corrected chi connectivity index (χ3v) is 3.46. The molecule has 0 radical (unpaired) electrons. The molecule has 100 valence electrons. The van der Waals surface area contributed by atoms with Gasteiger partial charge >= 0.3 is 0 Å². The second kappa shape index (κ2) is 6.31. The molecular formula is C17H18N2Si. The van der Waals surface area contributed by atoms with Gasteiger partial charge in [-0.15, -0.1) is 5.54 Å². The summed E-state index contributed by atoms with van der Waals surface area (Å²) >= 11 is 0. The van der Waals surface area contributed by atoms with Crippen molar-refractivity contribution in [2.45, 2.75) is 19.6 Å². The van der Waals surface area contributed by atoms with E-state index in [-0.39, 0.29) is 0 Å². The maximum Gasteiger partial charge on any atom is 0.129 e. The Kier molecular flexibility index (Phi) is 4.49. The summed E-state index contributed by atoms with van der Waals surface area (Å²) in [6.07, 6.45) is 11.4. The normalized spacial score (nSPS) is 11.2. The molecule has 0 fully saturated rings. The Bertz CT molecular complexity index is 659. The molecule has 0 aromatic carbocycles. The third kappa shape index (κ3) is 4.49. The van der Waals surface area contributed by atoms with Gasteiger partial charge in [0.25, 0.3) is 0 Å². The summed E-state index contributed by atoms with van der Waals surface area (Å²) in [5, 5.41) is 0. The lowest BCUT2D eigenvalue weighted by molar-refractivity contribution is 1.30. The molecule has 0 unspecified atom stereocenters. The summed E-state index contributed by atoms with van der Waals surface area (Å²) in [6, 6.07) is 5.95. The second-order valence-electron chi connectivity index (χ2n) is 5.58. The Balaban J connectivity index is 2.29. The first-order valence-corrected chi connectivity index (χ1v) is 10.1. The largest absolute Gasteiger partial charge is 0.265 e. The first-order valence-electron chi connectivity index (χ1n) is 6.60. The molecule has 2 heterocycles. The van der Waals surface area contributed by atoms with Gasteiger partial charge in [0, 0.05) is 30.4 Å². The van der Waals surface area contributed by atoms with Crippen LogP contribution in [0.3, 0.4) is 0 Å². The van der Waals surface area contributed by atoms with E-state index >= 15 is 0 Å². The van der Waals surface area contributed by atoms with E-state index < -0.39 is 8.07 Å². The average Bonchev–Trinajstić information content (AvgIpc) is 2.44. The lowest BCUT2D eigenvalue weighted by Gasteiger charge is -2.04. The van der Waals surface area contributed by atoms with Gasteiger partial charge in [0.05, 0.1) is 0 Å². The van der Waals surface area contributed by atoms with Crippen molar-refractivity contribution in [1.82, 2.24) is 9.97 Å². The summed E-state index contributed by atoms with van der Waals surface area (Å²) < 4.78 is 0. The Labute approximate surface area is 121 Å². The molecule has 0 bridgehead atoms. The van der Waals surface area contributed by atoms with Crippen molar-refractivity contribution in [2.24, 2.45) is 0 Å². The van der Waals surface area contributed by atoms with Gasteiger partial charge in [-0.1, -0.05) is 37.7 Å². The first-order chi connectivity index (χ1) is 9.54.